The van der Waals surface area contributed by atoms with Crippen molar-refractivity contribution in [3.63, 3.8) is 0 Å². The Hall–Kier alpha value is -2.07. The average Bonchev–Trinajstić information content (AvgIpc) is 2.85. The normalized spacial score (nSPS) is 17.7. The highest BCUT2D eigenvalue weighted by molar-refractivity contribution is 7.99. The molecule has 0 aromatic heterocycles. The summed E-state index contributed by atoms with van der Waals surface area (Å²) in [5.74, 6) is 0.189. The van der Waals surface area contributed by atoms with Gasteiger partial charge in [0.05, 0.1) is 11.6 Å². The zero-order valence-electron chi connectivity index (χ0n) is 16.7. The van der Waals surface area contributed by atoms with Crippen LogP contribution in [0.5, 0.6) is 0 Å². The standard InChI is InChI=1S/C23H27NO2S/c1-15-10-16(2)12-18(11-15)27-14-17-13-21(25)24(22(17)26)20-9-7-6-8-19(20)23(3,4)5/h6-12,17H,13-14H2,1-5H3/t17-/m1/s1. The minimum Gasteiger partial charge on any atom is -0.274 e. The van der Waals surface area contributed by atoms with Gasteiger partial charge < -0.3 is 0 Å². The molecule has 2 aromatic rings. The molecule has 4 heteroatoms. The Bertz CT molecular complexity index is 862. The molecular formula is C23H27NO2S. The molecule has 0 bridgehead atoms. The Kier molecular flexibility index (Phi) is 5.48. The van der Waals surface area contributed by atoms with Crippen molar-refractivity contribution in [2.45, 2.75) is 51.3 Å². The van der Waals surface area contributed by atoms with Crippen molar-refractivity contribution in [3.05, 3.63) is 59.2 Å². The third kappa shape index (κ3) is 4.27. The lowest BCUT2D eigenvalue weighted by Gasteiger charge is -2.26. The van der Waals surface area contributed by atoms with Crippen molar-refractivity contribution in [1.29, 1.82) is 0 Å². The molecule has 0 unspecified atom stereocenters. The van der Waals surface area contributed by atoms with Gasteiger partial charge in [-0.3, -0.25) is 9.59 Å². The quantitative estimate of drug-likeness (QED) is 0.535. The van der Waals surface area contributed by atoms with E-state index < -0.39 is 0 Å². The highest BCUT2D eigenvalue weighted by Gasteiger charge is 2.41. The van der Waals surface area contributed by atoms with Gasteiger partial charge >= 0.3 is 0 Å². The van der Waals surface area contributed by atoms with Gasteiger partial charge in [0, 0.05) is 17.1 Å². The summed E-state index contributed by atoms with van der Waals surface area (Å²) in [6.45, 7) is 10.5. The Labute approximate surface area is 166 Å². The highest BCUT2D eigenvalue weighted by Crippen LogP contribution is 2.37. The van der Waals surface area contributed by atoms with E-state index in [4.69, 9.17) is 0 Å². The number of imide groups is 1. The summed E-state index contributed by atoms with van der Waals surface area (Å²) < 4.78 is 0. The number of rotatable bonds is 4. The second-order valence-electron chi connectivity index (χ2n) is 8.37. The lowest BCUT2D eigenvalue weighted by Crippen LogP contribution is -2.33. The monoisotopic (exact) mass is 381 g/mol. The molecule has 1 heterocycles. The second kappa shape index (κ2) is 7.51. The number of thioether (sulfide) groups is 1. The lowest BCUT2D eigenvalue weighted by atomic mass is 9.85. The fourth-order valence-corrected chi connectivity index (χ4v) is 4.79. The Morgan fingerprint density at radius 3 is 2.30 bits per heavy atom. The second-order valence-corrected chi connectivity index (χ2v) is 9.46. The number of nitrogens with zero attached hydrogens (tertiary/aromatic N) is 1. The van der Waals surface area contributed by atoms with E-state index in [0.717, 1.165) is 16.1 Å². The summed E-state index contributed by atoms with van der Waals surface area (Å²) in [4.78, 5) is 28.3. The van der Waals surface area contributed by atoms with Gasteiger partial charge in [-0.2, -0.15) is 0 Å². The predicted molar refractivity (Wildman–Crippen MR) is 112 cm³/mol. The van der Waals surface area contributed by atoms with Crippen LogP contribution in [0.1, 0.15) is 43.9 Å². The molecule has 3 rings (SSSR count). The minimum absolute atomic E-state index is 0.0754. The predicted octanol–water partition coefficient (Wildman–Crippen LogP) is 5.27. The molecule has 3 nitrogen and oxygen atoms in total. The summed E-state index contributed by atoms with van der Waals surface area (Å²) in [5, 5.41) is 0. The van der Waals surface area contributed by atoms with E-state index in [1.807, 2.05) is 24.3 Å². The van der Waals surface area contributed by atoms with Gasteiger partial charge in [0.2, 0.25) is 11.8 Å². The van der Waals surface area contributed by atoms with Crippen molar-refractivity contribution >= 4 is 29.3 Å². The van der Waals surface area contributed by atoms with Crippen LogP contribution in [0.2, 0.25) is 0 Å². The molecule has 2 amide bonds. The zero-order chi connectivity index (χ0) is 19.8. The fourth-order valence-electron chi connectivity index (χ4n) is 3.59. The third-order valence-electron chi connectivity index (χ3n) is 4.84. The van der Waals surface area contributed by atoms with Gasteiger partial charge in [-0.15, -0.1) is 11.8 Å². The van der Waals surface area contributed by atoms with Crippen molar-refractivity contribution < 1.29 is 9.59 Å². The summed E-state index contributed by atoms with van der Waals surface area (Å²) in [6.07, 6.45) is 0.287. The maximum absolute atomic E-state index is 13.0. The average molecular weight is 382 g/mol. The fraction of sp³-hybridized carbons (Fsp3) is 0.391. The van der Waals surface area contributed by atoms with E-state index in [0.29, 0.717) is 5.75 Å². The number of carbonyl (C=O) groups excluding carboxylic acids is 2. The van der Waals surface area contributed by atoms with Crippen molar-refractivity contribution in [3.8, 4) is 0 Å². The molecule has 0 spiro atoms. The molecule has 0 radical (unpaired) electrons. The van der Waals surface area contributed by atoms with Gasteiger partial charge in [0.25, 0.3) is 0 Å². The number of hydrogen-bond acceptors (Lipinski definition) is 3. The molecular weight excluding hydrogens is 354 g/mol. The highest BCUT2D eigenvalue weighted by atomic mass is 32.2. The van der Waals surface area contributed by atoms with Crippen molar-refractivity contribution in [2.24, 2.45) is 5.92 Å². The molecule has 1 fully saturated rings. The molecule has 1 saturated heterocycles. The van der Waals surface area contributed by atoms with E-state index in [1.165, 1.54) is 16.0 Å². The largest absolute Gasteiger partial charge is 0.274 e. The zero-order valence-corrected chi connectivity index (χ0v) is 17.5. The first-order valence-corrected chi connectivity index (χ1v) is 10.3. The van der Waals surface area contributed by atoms with Crippen molar-refractivity contribution in [1.82, 2.24) is 0 Å². The molecule has 2 aromatic carbocycles. The van der Waals surface area contributed by atoms with Gasteiger partial charge in [0.15, 0.2) is 0 Å². The van der Waals surface area contributed by atoms with Crippen LogP contribution in [0.25, 0.3) is 0 Å². The molecule has 0 N–H and O–H groups in total. The molecule has 0 saturated carbocycles. The summed E-state index contributed by atoms with van der Waals surface area (Å²) in [5.41, 5.74) is 4.05. The smallest absolute Gasteiger partial charge is 0.238 e. The van der Waals surface area contributed by atoms with Crippen LogP contribution >= 0.6 is 11.8 Å². The topological polar surface area (TPSA) is 37.4 Å². The first-order valence-electron chi connectivity index (χ1n) is 9.34. The first kappa shape index (κ1) is 19.7. The number of para-hydroxylation sites is 1. The van der Waals surface area contributed by atoms with E-state index in [1.54, 1.807) is 11.8 Å². The number of benzene rings is 2. The van der Waals surface area contributed by atoms with E-state index in [9.17, 15) is 9.59 Å². The molecule has 1 atom stereocenters. The van der Waals surface area contributed by atoms with Crippen LogP contribution in [0, 0.1) is 19.8 Å². The summed E-state index contributed by atoms with van der Waals surface area (Å²) in [6, 6.07) is 14.1. The van der Waals surface area contributed by atoms with E-state index >= 15 is 0 Å². The molecule has 0 aliphatic carbocycles. The Balaban J connectivity index is 1.80. The van der Waals surface area contributed by atoms with Crippen LogP contribution in [0.3, 0.4) is 0 Å². The van der Waals surface area contributed by atoms with Gasteiger partial charge in [0.1, 0.15) is 0 Å². The SMILES string of the molecule is Cc1cc(C)cc(SC[C@H]2CC(=O)N(c3ccccc3C(C)(C)C)C2=O)c1. The van der Waals surface area contributed by atoms with Gasteiger partial charge in [-0.25, -0.2) is 4.90 Å². The summed E-state index contributed by atoms with van der Waals surface area (Å²) >= 11 is 1.66. The van der Waals surface area contributed by atoms with Crippen LogP contribution in [-0.4, -0.2) is 17.6 Å². The number of hydrogen-bond donors (Lipinski definition) is 0. The lowest BCUT2D eigenvalue weighted by molar-refractivity contribution is -0.122. The molecule has 1 aliphatic heterocycles. The van der Waals surface area contributed by atoms with Crippen LogP contribution in [0.15, 0.2) is 47.4 Å². The summed E-state index contributed by atoms with van der Waals surface area (Å²) in [7, 11) is 0. The van der Waals surface area contributed by atoms with Crippen LogP contribution in [0.4, 0.5) is 5.69 Å². The molecule has 27 heavy (non-hydrogen) atoms. The van der Waals surface area contributed by atoms with Crippen molar-refractivity contribution in [2.75, 3.05) is 10.7 Å². The third-order valence-corrected chi connectivity index (χ3v) is 5.98. The van der Waals surface area contributed by atoms with Crippen LogP contribution < -0.4 is 4.90 Å². The van der Waals surface area contributed by atoms with Crippen LogP contribution in [-0.2, 0) is 15.0 Å². The maximum Gasteiger partial charge on any atom is 0.238 e. The van der Waals surface area contributed by atoms with E-state index in [2.05, 4.69) is 52.8 Å². The number of anilines is 1. The Morgan fingerprint density at radius 2 is 1.67 bits per heavy atom. The minimum atomic E-state index is -0.267. The first-order chi connectivity index (χ1) is 12.7. The van der Waals surface area contributed by atoms with E-state index in [-0.39, 0.29) is 29.6 Å². The Morgan fingerprint density at radius 1 is 1.04 bits per heavy atom. The number of carbonyl (C=O) groups is 2. The van der Waals surface area contributed by atoms with Gasteiger partial charge in [-0.1, -0.05) is 45.0 Å². The molecule has 142 valence electrons. The van der Waals surface area contributed by atoms with Gasteiger partial charge in [-0.05, 0) is 54.2 Å². The maximum atomic E-state index is 13.0. The number of aryl methyl sites for hydroxylation is 2. The molecule has 1 aliphatic rings. The number of amides is 2.